The molecule has 2 aliphatic rings. The highest BCUT2D eigenvalue weighted by atomic mass is 19.1. The molecule has 2 N–H and O–H groups in total. The molecule has 2 amide bonds. The van der Waals surface area contributed by atoms with Crippen molar-refractivity contribution in [2.24, 2.45) is 5.92 Å². The Kier molecular flexibility index (Phi) is 3.67. The molecular weight excluding hydrogens is 327 g/mol. The maximum atomic E-state index is 13.0. The fourth-order valence-electron chi connectivity index (χ4n) is 3.58. The minimum Gasteiger partial charge on any atom is -0.504 e. The Morgan fingerprint density at radius 3 is 2.84 bits per heavy atom. The molecule has 2 fully saturated rings. The molecule has 130 valence electrons. The number of aromatic nitrogens is 2. The number of aromatic hydroxyl groups is 1. The van der Waals surface area contributed by atoms with Crippen molar-refractivity contribution in [3.05, 3.63) is 42.0 Å². The van der Waals surface area contributed by atoms with E-state index in [1.807, 2.05) is 0 Å². The van der Waals surface area contributed by atoms with Gasteiger partial charge in [0.15, 0.2) is 11.4 Å². The number of likely N-dealkylation sites (tertiary alicyclic amines) is 1. The van der Waals surface area contributed by atoms with E-state index >= 15 is 0 Å². The molecule has 2 aromatic rings. The van der Waals surface area contributed by atoms with Crippen molar-refractivity contribution in [1.82, 2.24) is 20.0 Å². The molecule has 25 heavy (non-hydrogen) atoms. The van der Waals surface area contributed by atoms with E-state index in [9.17, 15) is 19.1 Å². The highest BCUT2D eigenvalue weighted by Gasteiger charge is 2.43. The van der Waals surface area contributed by atoms with E-state index < -0.39 is 5.91 Å². The van der Waals surface area contributed by atoms with Crippen LogP contribution in [0.1, 0.15) is 23.3 Å². The predicted octanol–water partition coefficient (Wildman–Crippen LogP) is 1.07. The first kappa shape index (κ1) is 15.6. The van der Waals surface area contributed by atoms with Crippen molar-refractivity contribution in [2.45, 2.75) is 18.9 Å². The summed E-state index contributed by atoms with van der Waals surface area (Å²) in [5, 5.41) is 17.1. The molecule has 4 rings (SSSR count). The number of nitrogens with one attached hydrogen (secondary N) is 1. The summed E-state index contributed by atoms with van der Waals surface area (Å²) in [6.45, 7) is 0.951. The second-order valence-electron chi connectivity index (χ2n) is 6.34. The van der Waals surface area contributed by atoms with Gasteiger partial charge in [-0.15, -0.1) is 0 Å². The Hall–Kier alpha value is -2.90. The van der Waals surface area contributed by atoms with E-state index in [4.69, 9.17) is 0 Å². The number of hydrogen-bond donors (Lipinski definition) is 2. The molecule has 7 nitrogen and oxygen atoms in total. The van der Waals surface area contributed by atoms with E-state index in [1.54, 1.807) is 4.90 Å². The average molecular weight is 344 g/mol. The Morgan fingerprint density at radius 1 is 1.32 bits per heavy atom. The fraction of sp³-hybridized carbons (Fsp3) is 0.353. The van der Waals surface area contributed by atoms with E-state index in [0.717, 1.165) is 12.8 Å². The largest absolute Gasteiger partial charge is 0.504 e. The number of piperidine rings is 1. The van der Waals surface area contributed by atoms with Crippen molar-refractivity contribution < 1.29 is 19.1 Å². The van der Waals surface area contributed by atoms with Crippen LogP contribution >= 0.6 is 0 Å². The first-order valence-corrected chi connectivity index (χ1v) is 8.18. The van der Waals surface area contributed by atoms with Crippen LogP contribution in [0.5, 0.6) is 5.75 Å². The van der Waals surface area contributed by atoms with Gasteiger partial charge >= 0.3 is 0 Å². The maximum Gasteiger partial charge on any atom is 0.278 e. The quantitative estimate of drug-likeness (QED) is 0.853. The smallest absolute Gasteiger partial charge is 0.278 e. The topological polar surface area (TPSA) is 87.5 Å². The third-order valence-corrected chi connectivity index (χ3v) is 4.85. The number of carbonyl (C=O) groups excluding carboxylic acids is 2. The summed E-state index contributed by atoms with van der Waals surface area (Å²) in [6, 6.07) is 5.37. The highest BCUT2D eigenvalue weighted by Crippen LogP contribution is 2.30. The summed E-state index contributed by atoms with van der Waals surface area (Å²) >= 11 is 0. The van der Waals surface area contributed by atoms with E-state index in [-0.39, 0.29) is 35.1 Å². The Bertz CT molecular complexity index is 833. The van der Waals surface area contributed by atoms with Crippen molar-refractivity contribution in [3.63, 3.8) is 0 Å². The zero-order valence-corrected chi connectivity index (χ0v) is 13.4. The van der Waals surface area contributed by atoms with Gasteiger partial charge in [-0.05, 0) is 37.1 Å². The Morgan fingerprint density at radius 2 is 2.08 bits per heavy atom. The standard InChI is InChI=1S/C17H17FN4O3/c18-10-3-5-11(6-4-10)22-9-14(23)15(20-22)17(25)21-7-1-2-12-13(21)8-19-16(12)24/h3-6,9,12-13,23H,1-2,7-8H2,(H,19,24)/t12-,13-/m1/s1. The molecule has 0 aliphatic carbocycles. The van der Waals surface area contributed by atoms with Gasteiger partial charge in [-0.2, -0.15) is 5.10 Å². The molecule has 8 heteroatoms. The second-order valence-corrected chi connectivity index (χ2v) is 6.34. The minimum atomic E-state index is -0.399. The van der Waals surface area contributed by atoms with Crippen LogP contribution in [0.4, 0.5) is 4.39 Å². The predicted molar refractivity (Wildman–Crippen MR) is 85.7 cm³/mol. The molecule has 1 aromatic carbocycles. The summed E-state index contributed by atoms with van der Waals surface area (Å²) in [5.41, 5.74) is 0.467. The molecule has 2 aliphatic heterocycles. The van der Waals surface area contributed by atoms with E-state index in [1.165, 1.54) is 35.1 Å². The van der Waals surface area contributed by atoms with Gasteiger partial charge in [0, 0.05) is 13.1 Å². The number of amides is 2. The first-order valence-electron chi connectivity index (χ1n) is 8.18. The number of carbonyl (C=O) groups is 2. The van der Waals surface area contributed by atoms with Crippen molar-refractivity contribution in [2.75, 3.05) is 13.1 Å². The van der Waals surface area contributed by atoms with Gasteiger partial charge in [0.25, 0.3) is 5.91 Å². The van der Waals surface area contributed by atoms with Gasteiger partial charge in [0.05, 0.1) is 23.8 Å². The van der Waals surface area contributed by atoms with Gasteiger partial charge in [-0.25, -0.2) is 9.07 Å². The van der Waals surface area contributed by atoms with Crippen LogP contribution in [0.3, 0.4) is 0 Å². The lowest BCUT2D eigenvalue weighted by Crippen LogP contribution is -2.48. The van der Waals surface area contributed by atoms with Crippen LogP contribution in [0.25, 0.3) is 5.69 Å². The number of fused-ring (bicyclic) bond motifs is 1. The lowest BCUT2D eigenvalue weighted by atomic mass is 9.91. The summed E-state index contributed by atoms with van der Waals surface area (Å²) < 4.78 is 14.4. The SMILES string of the molecule is O=C1NC[C@@H]2[C@H]1CCCN2C(=O)c1nn(-c2ccc(F)cc2)cc1O. The fourth-order valence-corrected chi connectivity index (χ4v) is 3.58. The number of benzene rings is 1. The molecular formula is C17H17FN4O3. The van der Waals surface area contributed by atoms with Crippen LogP contribution in [-0.4, -0.2) is 50.7 Å². The average Bonchev–Trinajstić information content (AvgIpc) is 3.18. The molecule has 0 bridgehead atoms. The molecule has 3 heterocycles. The van der Waals surface area contributed by atoms with Crippen molar-refractivity contribution >= 4 is 11.8 Å². The molecule has 0 radical (unpaired) electrons. The normalized spacial score (nSPS) is 22.6. The van der Waals surface area contributed by atoms with Gasteiger partial charge in [-0.1, -0.05) is 0 Å². The van der Waals surface area contributed by atoms with E-state index in [2.05, 4.69) is 10.4 Å². The highest BCUT2D eigenvalue weighted by molar-refractivity contribution is 5.96. The molecule has 1 aromatic heterocycles. The maximum absolute atomic E-state index is 13.0. The lowest BCUT2D eigenvalue weighted by Gasteiger charge is -2.35. The van der Waals surface area contributed by atoms with Gasteiger partial charge in [-0.3, -0.25) is 9.59 Å². The monoisotopic (exact) mass is 344 g/mol. The number of halogens is 1. The molecule has 2 saturated heterocycles. The third kappa shape index (κ3) is 2.63. The zero-order chi connectivity index (χ0) is 17.6. The molecule has 0 unspecified atom stereocenters. The minimum absolute atomic E-state index is 0.0245. The van der Waals surface area contributed by atoms with E-state index in [0.29, 0.717) is 18.8 Å². The van der Waals surface area contributed by atoms with Crippen molar-refractivity contribution in [1.29, 1.82) is 0 Å². The summed E-state index contributed by atoms with van der Waals surface area (Å²) in [5.74, 6) is -1.24. The molecule has 0 spiro atoms. The van der Waals surface area contributed by atoms with Crippen molar-refractivity contribution in [3.8, 4) is 11.4 Å². The summed E-state index contributed by atoms with van der Waals surface area (Å²) in [4.78, 5) is 26.3. The number of hydrogen-bond acceptors (Lipinski definition) is 4. The van der Waals surface area contributed by atoms with Crippen LogP contribution in [0.2, 0.25) is 0 Å². The second kappa shape index (κ2) is 5.87. The Labute approximate surface area is 143 Å². The first-order chi connectivity index (χ1) is 12.0. The zero-order valence-electron chi connectivity index (χ0n) is 13.4. The Balaban J connectivity index is 1.62. The third-order valence-electron chi connectivity index (χ3n) is 4.85. The van der Waals surface area contributed by atoms with Gasteiger partial charge in [0.2, 0.25) is 5.91 Å². The van der Waals surface area contributed by atoms with Gasteiger partial charge in [0.1, 0.15) is 5.82 Å². The summed E-state index contributed by atoms with van der Waals surface area (Å²) in [6.07, 6.45) is 2.82. The van der Waals surface area contributed by atoms with Crippen LogP contribution in [-0.2, 0) is 4.79 Å². The molecule has 2 atom stereocenters. The van der Waals surface area contributed by atoms with Crippen LogP contribution in [0.15, 0.2) is 30.5 Å². The van der Waals surface area contributed by atoms with Gasteiger partial charge < -0.3 is 15.3 Å². The lowest BCUT2D eigenvalue weighted by molar-refractivity contribution is -0.123. The van der Waals surface area contributed by atoms with Crippen LogP contribution < -0.4 is 5.32 Å². The number of nitrogens with zero attached hydrogens (tertiary/aromatic N) is 3. The molecule has 0 saturated carbocycles. The number of rotatable bonds is 2. The van der Waals surface area contributed by atoms with Crippen LogP contribution in [0, 0.1) is 11.7 Å². The summed E-state index contributed by atoms with van der Waals surface area (Å²) in [7, 11) is 0.